The molecular formula is C8H8ClNO3. The van der Waals surface area contributed by atoms with Crippen molar-refractivity contribution < 1.29 is 10.0 Å². The van der Waals surface area contributed by atoms with E-state index in [-0.39, 0.29) is 17.3 Å². The van der Waals surface area contributed by atoms with E-state index in [0.717, 1.165) is 0 Å². The standard InChI is InChI=1S/C8H8ClNO3/c9-8-6(4-5-11)2-1-3-7(8)10(12)13/h1-3,11H,4-5H2. The Bertz CT molecular complexity index is 327. The Morgan fingerprint density at radius 1 is 1.54 bits per heavy atom. The van der Waals surface area contributed by atoms with E-state index in [9.17, 15) is 10.1 Å². The highest BCUT2D eigenvalue weighted by Crippen LogP contribution is 2.27. The molecule has 0 heterocycles. The summed E-state index contributed by atoms with van der Waals surface area (Å²) in [6.07, 6.45) is 0.334. The number of aliphatic hydroxyl groups excluding tert-OH is 1. The molecule has 0 aliphatic heterocycles. The fourth-order valence-electron chi connectivity index (χ4n) is 1.02. The van der Waals surface area contributed by atoms with Gasteiger partial charge in [0.25, 0.3) is 5.69 Å². The monoisotopic (exact) mass is 201 g/mol. The number of hydrogen-bond donors (Lipinski definition) is 1. The van der Waals surface area contributed by atoms with E-state index in [2.05, 4.69) is 0 Å². The summed E-state index contributed by atoms with van der Waals surface area (Å²) < 4.78 is 0. The minimum Gasteiger partial charge on any atom is -0.396 e. The van der Waals surface area contributed by atoms with Gasteiger partial charge in [0.15, 0.2) is 0 Å². The van der Waals surface area contributed by atoms with Gasteiger partial charge in [0, 0.05) is 12.7 Å². The van der Waals surface area contributed by atoms with E-state index >= 15 is 0 Å². The first-order valence-corrected chi connectivity index (χ1v) is 4.07. The van der Waals surface area contributed by atoms with E-state index in [1.165, 1.54) is 6.07 Å². The molecule has 0 saturated heterocycles. The van der Waals surface area contributed by atoms with E-state index in [4.69, 9.17) is 16.7 Å². The van der Waals surface area contributed by atoms with E-state index < -0.39 is 4.92 Å². The largest absolute Gasteiger partial charge is 0.396 e. The van der Waals surface area contributed by atoms with Gasteiger partial charge in [-0.15, -0.1) is 0 Å². The van der Waals surface area contributed by atoms with Crippen LogP contribution in [0.2, 0.25) is 5.02 Å². The van der Waals surface area contributed by atoms with Crippen molar-refractivity contribution in [3.63, 3.8) is 0 Å². The Labute approximate surface area is 79.9 Å². The van der Waals surface area contributed by atoms with Crippen LogP contribution in [0.5, 0.6) is 0 Å². The molecule has 0 fully saturated rings. The van der Waals surface area contributed by atoms with Crippen LogP contribution in [0.3, 0.4) is 0 Å². The highest BCUT2D eigenvalue weighted by atomic mass is 35.5. The summed E-state index contributed by atoms with van der Waals surface area (Å²) in [5.41, 5.74) is 0.478. The predicted octanol–water partition coefficient (Wildman–Crippen LogP) is 1.78. The van der Waals surface area contributed by atoms with Crippen LogP contribution < -0.4 is 0 Å². The van der Waals surface area contributed by atoms with Crippen molar-refractivity contribution in [2.75, 3.05) is 6.61 Å². The summed E-state index contributed by atoms with van der Waals surface area (Å²) in [6.45, 7) is -0.0686. The number of hydrogen-bond acceptors (Lipinski definition) is 3. The van der Waals surface area contributed by atoms with Crippen molar-refractivity contribution in [1.82, 2.24) is 0 Å². The highest BCUT2D eigenvalue weighted by Gasteiger charge is 2.14. The molecule has 70 valence electrons. The number of nitro benzene ring substituents is 1. The Balaban J connectivity index is 3.10. The third-order valence-electron chi connectivity index (χ3n) is 1.64. The molecule has 0 unspecified atom stereocenters. The van der Waals surface area contributed by atoms with Gasteiger partial charge in [0.1, 0.15) is 5.02 Å². The van der Waals surface area contributed by atoms with Crippen LogP contribution in [0.4, 0.5) is 5.69 Å². The van der Waals surface area contributed by atoms with Crippen LogP contribution >= 0.6 is 11.6 Å². The molecule has 0 aliphatic rings. The maximum Gasteiger partial charge on any atom is 0.288 e. The number of rotatable bonds is 3. The summed E-state index contributed by atoms with van der Waals surface area (Å²) in [5.74, 6) is 0. The smallest absolute Gasteiger partial charge is 0.288 e. The van der Waals surface area contributed by atoms with Crippen molar-refractivity contribution in [2.45, 2.75) is 6.42 Å². The van der Waals surface area contributed by atoms with Gasteiger partial charge in [-0.1, -0.05) is 23.7 Å². The second kappa shape index (κ2) is 4.20. The molecular weight excluding hydrogens is 194 g/mol. The lowest BCUT2D eigenvalue weighted by molar-refractivity contribution is -0.384. The lowest BCUT2D eigenvalue weighted by atomic mass is 10.1. The molecule has 0 atom stereocenters. The zero-order valence-corrected chi connectivity index (χ0v) is 7.49. The number of benzene rings is 1. The predicted molar refractivity (Wildman–Crippen MR) is 48.9 cm³/mol. The molecule has 1 aromatic rings. The first-order valence-electron chi connectivity index (χ1n) is 3.69. The fourth-order valence-corrected chi connectivity index (χ4v) is 1.31. The Kier molecular flexibility index (Phi) is 3.22. The lowest BCUT2D eigenvalue weighted by Gasteiger charge is -2.01. The van der Waals surface area contributed by atoms with Gasteiger partial charge in [-0.25, -0.2) is 0 Å². The lowest BCUT2D eigenvalue weighted by Crippen LogP contribution is -1.95. The molecule has 0 spiro atoms. The first-order chi connectivity index (χ1) is 6.16. The average Bonchev–Trinajstić information content (AvgIpc) is 2.08. The maximum absolute atomic E-state index is 10.4. The summed E-state index contributed by atoms with van der Waals surface area (Å²) >= 11 is 5.73. The van der Waals surface area contributed by atoms with E-state index in [1.807, 2.05) is 0 Å². The summed E-state index contributed by atoms with van der Waals surface area (Å²) in [4.78, 5) is 9.90. The molecule has 0 bridgehead atoms. The topological polar surface area (TPSA) is 63.4 Å². The Morgan fingerprint density at radius 3 is 2.77 bits per heavy atom. The average molecular weight is 202 g/mol. The van der Waals surface area contributed by atoms with Crippen LogP contribution in [0.15, 0.2) is 18.2 Å². The molecule has 1 N–H and O–H groups in total. The Morgan fingerprint density at radius 2 is 2.23 bits per heavy atom. The first kappa shape index (κ1) is 9.95. The quantitative estimate of drug-likeness (QED) is 0.599. The molecule has 5 heteroatoms. The van der Waals surface area contributed by atoms with Gasteiger partial charge in [-0.2, -0.15) is 0 Å². The third-order valence-corrected chi connectivity index (χ3v) is 2.07. The minimum absolute atomic E-state index is 0.0686. The van der Waals surface area contributed by atoms with Crippen LogP contribution in [0, 0.1) is 10.1 Å². The van der Waals surface area contributed by atoms with Gasteiger partial charge < -0.3 is 5.11 Å². The van der Waals surface area contributed by atoms with Crippen LogP contribution in [0.25, 0.3) is 0 Å². The van der Waals surface area contributed by atoms with Crippen LogP contribution in [-0.4, -0.2) is 16.6 Å². The van der Waals surface area contributed by atoms with Crippen molar-refractivity contribution in [1.29, 1.82) is 0 Å². The zero-order valence-electron chi connectivity index (χ0n) is 6.74. The second-order valence-corrected chi connectivity index (χ2v) is 2.86. The van der Waals surface area contributed by atoms with Crippen LogP contribution in [0.1, 0.15) is 5.56 Å². The van der Waals surface area contributed by atoms with Crippen molar-refractivity contribution in [2.24, 2.45) is 0 Å². The summed E-state index contributed by atoms with van der Waals surface area (Å²) in [6, 6.07) is 4.55. The van der Waals surface area contributed by atoms with Gasteiger partial charge in [-0.3, -0.25) is 10.1 Å². The van der Waals surface area contributed by atoms with E-state index in [0.29, 0.717) is 12.0 Å². The number of nitro groups is 1. The van der Waals surface area contributed by atoms with Crippen molar-refractivity contribution in [3.8, 4) is 0 Å². The zero-order chi connectivity index (χ0) is 9.84. The maximum atomic E-state index is 10.4. The second-order valence-electron chi connectivity index (χ2n) is 2.48. The van der Waals surface area contributed by atoms with Gasteiger partial charge in [-0.05, 0) is 12.0 Å². The summed E-state index contributed by atoms with van der Waals surface area (Å²) in [7, 11) is 0. The molecule has 13 heavy (non-hydrogen) atoms. The SMILES string of the molecule is O=[N+]([O-])c1cccc(CCO)c1Cl. The molecule has 1 rings (SSSR count). The molecule has 4 nitrogen and oxygen atoms in total. The number of aliphatic hydroxyl groups is 1. The van der Waals surface area contributed by atoms with Crippen LogP contribution in [-0.2, 0) is 6.42 Å². The molecule has 0 saturated carbocycles. The van der Waals surface area contributed by atoms with Crippen molar-refractivity contribution >= 4 is 17.3 Å². The summed E-state index contributed by atoms with van der Waals surface area (Å²) in [5, 5.41) is 19.2. The molecule has 0 amide bonds. The van der Waals surface area contributed by atoms with Gasteiger partial charge >= 0.3 is 0 Å². The van der Waals surface area contributed by atoms with E-state index in [1.54, 1.807) is 12.1 Å². The van der Waals surface area contributed by atoms with Crippen molar-refractivity contribution in [3.05, 3.63) is 38.9 Å². The third kappa shape index (κ3) is 2.17. The Hall–Kier alpha value is -1.13. The molecule has 0 radical (unpaired) electrons. The molecule has 1 aromatic carbocycles. The van der Waals surface area contributed by atoms with Gasteiger partial charge in [0.05, 0.1) is 4.92 Å². The normalized spacial score (nSPS) is 10.0. The fraction of sp³-hybridized carbons (Fsp3) is 0.250. The molecule has 0 aliphatic carbocycles. The molecule has 0 aromatic heterocycles. The van der Waals surface area contributed by atoms with Gasteiger partial charge in [0.2, 0.25) is 0 Å². The highest BCUT2D eigenvalue weighted by molar-refractivity contribution is 6.33. The minimum atomic E-state index is -0.538. The number of nitrogens with zero attached hydrogens (tertiary/aromatic N) is 1. The number of halogens is 1.